The van der Waals surface area contributed by atoms with Gasteiger partial charge in [0, 0.05) is 26.4 Å². The average Bonchev–Trinajstić information content (AvgIpc) is 2.66. The van der Waals surface area contributed by atoms with Gasteiger partial charge in [0.2, 0.25) is 5.95 Å². The number of rotatable bonds is 8. The van der Waals surface area contributed by atoms with Gasteiger partial charge in [0.05, 0.1) is 12.3 Å². The molecule has 0 aliphatic heterocycles. The first-order chi connectivity index (χ1) is 8.95. The normalized spacial score (nSPS) is 11.8. The molecule has 1 aromatic heterocycles. The van der Waals surface area contributed by atoms with Gasteiger partial charge in [0.15, 0.2) is 0 Å². The first kappa shape index (κ1) is 16.0. The summed E-state index contributed by atoms with van der Waals surface area (Å²) in [5.74, 6) is 2.97. The highest BCUT2D eigenvalue weighted by Gasteiger charge is 2.18. The third-order valence-corrected chi connectivity index (χ3v) is 3.64. The van der Waals surface area contributed by atoms with E-state index in [0.29, 0.717) is 24.4 Å². The molecule has 0 bridgehead atoms. The Morgan fingerprint density at radius 1 is 1.26 bits per heavy atom. The van der Waals surface area contributed by atoms with Crippen molar-refractivity contribution in [1.29, 1.82) is 0 Å². The lowest BCUT2D eigenvalue weighted by Crippen LogP contribution is -2.25. The van der Waals surface area contributed by atoms with E-state index in [4.69, 9.17) is 4.74 Å². The van der Waals surface area contributed by atoms with Gasteiger partial charge in [-0.3, -0.25) is 0 Å². The van der Waals surface area contributed by atoms with E-state index in [2.05, 4.69) is 48.8 Å². The van der Waals surface area contributed by atoms with E-state index < -0.39 is 0 Å². The number of aryl methyl sites for hydroxylation is 1. The molecule has 0 saturated heterocycles. The number of nitrogens with zero attached hydrogens (tertiary/aromatic N) is 2. The molecular formula is C15H29N3O. The SMILES string of the molecule is COCCn1cc(C)nc1NCC(C(C)C)C(C)C. The Bertz CT molecular complexity index is 363. The van der Waals surface area contributed by atoms with Crippen molar-refractivity contribution in [3.8, 4) is 0 Å². The van der Waals surface area contributed by atoms with Crippen LogP contribution in [0.15, 0.2) is 6.20 Å². The molecule has 4 nitrogen and oxygen atoms in total. The Morgan fingerprint density at radius 3 is 2.42 bits per heavy atom. The minimum Gasteiger partial charge on any atom is -0.383 e. The van der Waals surface area contributed by atoms with E-state index in [0.717, 1.165) is 24.7 Å². The largest absolute Gasteiger partial charge is 0.383 e. The lowest BCUT2D eigenvalue weighted by atomic mass is 9.85. The van der Waals surface area contributed by atoms with Crippen molar-refractivity contribution in [2.45, 2.75) is 41.2 Å². The second-order valence-electron chi connectivity index (χ2n) is 5.92. The summed E-state index contributed by atoms with van der Waals surface area (Å²) in [7, 11) is 1.73. The standard InChI is InChI=1S/C15H29N3O/c1-11(2)14(12(3)4)9-16-15-17-13(5)10-18(15)7-8-19-6/h10-12,14H,7-9H2,1-6H3,(H,16,17). The highest BCUT2D eigenvalue weighted by atomic mass is 16.5. The molecule has 0 aliphatic carbocycles. The number of hydrogen-bond acceptors (Lipinski definition) is 3. The number of methoxy groups -OCH3 is 1. The first-order valence-corrected chi connectivity index (χ1v) is 7.22. The van der Waals surface area contributed by atoms with Gasteiger partial charge in [-0.25, -0.2) is 4.98 Å². The Kier molecular flexibility index (Phi) is 6.35. The van der Waals surface area contributed by atoms with Crippen LogP contribution in [-0.4, -0.2) is 29.8 Å². The number of aromatic nitrogens is 2. The molecule has 0 atom stereocenters. The Hall–Kier alpha value is -1.03. The highest BCUT2D eigenvalue weighted by Crippen LogP contribution is 2.21. The van der Waals surface area contributed by atoms with Crippen LogP contribution in [0.2, 0.25) is 0 Å². The lowest BCUT2D eigenvalue weighted by Gasteiger charge is -2.25. The molecule has 1 heterocycles. The van der Waals surface area contributed by atoms with Crippen LogP contribution in [0.25, 0.3) is 0 Å². The van der Waals surface area contributed by atoms with Crippen molar-refractivity contribution in [1.82, 2.24) is 9.55 Å². The van der Waals surface area contributed by atoms with Crippen molar-refractivity contribution in [3.05, 3.63) is 11.9 Å². The third kappa shape index (κ3) is 4.86. The minimum absolute atomic E-state index is 0.660. The zero-order chi connectivity index (χ0) is 14.4. The maximum Gasteiger partial charge on any atom is 0.203 e. The predicted molar refractivity (Wildman–Crippen MR) is 80.5 cm³/mol. The molecule has 0 unspecified atom stereocenters. The van der Waals surface area contributed by atoms with Gasteiger partial charge >= 0.3 is 0 Å². The molecule has 110 valence electrons. The van der Waals surface area contributed by atoms with Crippen molar-refractivity contribution >= 4 is 5.95 Å². The second kappa shape index (κ2) is 7.53. The lowest BCUT2D eigenvalue weighted by molar-refractivity contribution is 0.187. The maximum absolute atomic E-state index is 5.14. The van der Waals surface area contributed by atoms with Crippen molar-refractivity contribution in [2.24, 2.45) is 17.8 Å². The van der Waals surface area contributed by atoms with E-state index in [1.807, 2.05) is 6.92 Å². The highest BCUT2D eigenvalue weighted by molar-refractivity contribution is 5.28. The quantitative estimate of drug-likeness (QED) is 0.786. The van der Waals surface area contributed by atoms with E-state index in [-0.39, 0.29) is 0 Å². The number of hydrogen-bond donors (Lipinski definition) is 1. The smallest absolute Gasteiger partial charge is 0.203 e. The van der Waals surface area contributed by atoms with Gasteiger partial charge in [0.1, 0.15) is 0 Å². The fourth-order valence-corrected chi connectivity index (χ4v) is 2.50. The third-order valence-electron chi connectivity index (χ3n) is 3.64. The second-order valence-corrected chi connectivity index (χ2v) is 5.92. The van der Waals surface area contributed by atoms with Crippen molar-refractivity contribution < 1.29 is 4.74 Å². The molecule has 4 heteroatoms. The van der Waals surface area contributed by atoms with Crippen LogP contribution in [0.3, 0.4) is 0 Å². The summed E-state index contributed by atoms with van der Waals surface area (Å²) >= 11 is 0. The van der Waals surface area contributed by atoms with Gasteiger partial charge in [0.25, 0.3) is 0 Å². The molecule has 1 rings (SSSR count). The summed E-state index contributed by atoms with van der Waals surface area (Å²) in [6.45, 7) is 13.7. The van der Waals surface area contributed by atoms with Crippen LogP contribution in [0.4, 0.5) is 5.95 Å². The molecule has 1 N–H and O–H groups in total. The van der Waals surface area contributed by atoms with E-state index in [9.17, 15) is 0 Å². The Morgan fingerprint density at radius 2 is 1.89 bits per heavy atom. The van der Waals surface area contributed by atoms with Gasteiger partial charge in [-0.15, -0.1) is 0 Å². The zero-order valence-corrected chi connectivity index (χ0v) is 13.2. The van der Waals surface area contributed by atoms with Crippen molar-refractivity contribution in [2.75, 3.05) is 25.6 Å². The molecule has 19 heavy (non-hydrogen) atoms. The van der Waals surface area contributed by atoms with E-state index in [1.165, 1.54) is 0 Å². The molecule has 0 radical (unpaired) electrons. The summed E-state index contributed by atoms with van der Waals surface area (Å²) in [6, 6.07) is 0. The maximum atomic E-state index is 5.14. The monoisotopic (exact) mass is 267 g/mol. The van der Waals surface area contributed by atoms with Gasteiger partial charge < -0.3 is 14.6 Å². The van der Waals surface area contributed by atoms with E-state index in [1.54, 1.807) is 7.11 Å². The fraction of sp³-hybridized carbons (Fsp3) is 0.800. The van der Waals surface area contributed by atoms with Gasteiger partial charge in [-0.05, 0) is 24.7 Å². The molecular weight excluding hydrogens is 238 g/mol. The van der Waals surface area contributed by atoms with Crippen LogP contribution in [-0.2, 0) is 11.3 Å². The van der Waals surface area contributed by atoms with Crippen molar-refractivity contribution in [3.63, 3.8) is 0 Å². The molecule has 0 spiro atoms. The first-order valence-electron chi connectivity index (χ1n) is 7.22. The minimum atomic E-state index is 0.660. The van der Waals surface area contributed by atoms with E-state index >= 15 is 0 Å². The van der Waals surface area contributed by atoms with Gasteiger partial charge in [-0.1, -0.05) is 27.7 Å². The van der Waals surface area contributed by atoms with Crippen LogP contribution in [0, 0.1) is 24.7 Å². The van der Waals surface area contributed by atoms with Gasteiger partial charge in [-0.2, -0.15) is 0 Å². The molecule has 0 aromatic carbocycles. The Balaban J connectivity index is 2.65. The number of ether oxygens (including phenoxy) is 1. The fourth-order valence-electron chi connectivity index (χ4n) is 2.50. The van der Waals surface area contributed by atoms with Crippen LogP contribution in [0.1, 0.15) is 33.4 Å². The summed E-state index contributed by atoms with van der Waals surface area (Å²) < 4.78 is 7.27. The predicted octanol–water partition coefficient (Wildman–Crippen LogP) is 3.18. The topological polar surface area (TPSA) is 39.1 Å². The van der Waals surface area contributed by atoms with Crippen LogP contribution in [0.5, 0.6) is 0 Å². The molecule has 0 saturated carbocycles. The summed E-state index contributed by atoms with van der Waals surface area (Å²) in [6.07, 6.45) is 2.07. The summed E-state index contributed by atoms with van der Waals surface area (Å²) in [5, 5.41) is 3.50. The molecule has 0 amide bonds. The molecule has 0 fully saturated rings. The molecule has 0 aliphatic rings. The van der Waals surface area contributed by atoms with Crippen LogP contribution >= 0.6 is 0 Å². The average molecular weight is 267 g/mol. The number of nitrogens with one attached hydrogen (secondary N) is 1. The number of anilines is 1. The summed E-state index contributed by atoms with van der Waals surface area (Å²) in [5.41, 5.74) is 1.05. The van der Waals surface area contributed by atoms with Crippen LogP contribution < -0.4 is 5.32 Å². The summed E-state index contributed by atoms with van der Waals surface area (Å²) in [4.78, 5) is 4.55. The number of imidazole rings is 1. The Labute approximate surface area is 117 Å². The molecule has 1 aromatic rings. The zero-order valence-electron chi connectivity index (χ0n) is 13.2.